The van der Waals surface area contributed by atoms with E-state index in [2.05, 4.69) is 48.5 Å². The molecule has 0 saturated carbocycles. The lowest BCUT2D eigenvalue weighted by Crippen LogP contribution is -2.33. The maximum absolute atomic E-state index is 10.5. The van der Waals surface area contributed by atoms with Crippen LogP contribution in [0.15, 0.2) is 16.6 Å². The van der Waals surface area contributed by atoms with E-state index in [0.29, 0.717) is 18.3 Å². The standard InChI is InChI=1S/C14H18BrNO2/c1-9(2)16-7-14(3,4)11-5-10(18-8-17)6-12(15)13(11)16/h5-6,8-9H,7H2,1-4H3. The summed E-state index contributed by atoms with van der Waals surface area (Å²) < 4.78 is 5.95. The second-order valence-electron chi connectivity index (χ2n) is 5.62. The number of carbonyl (C=O) groups excluding carboxylic acids is 1. The second-order valence-corrected chi connectivity index (χ2v) is 6.48. The molecule has 1 aromatic carbocycles. The minimum absolute atomic E-state index is 0.0599. The number of anilines is 1. The molecule has 4 heteroatoms. The van der Waals surface area contributed by atoms with E-state index in [1.54, 1.807) is 0 Å². The second kappa shape index (κ2) is 4.57. The van der Waals surface area contributed by atoms with Crippen LogP contribution in [0.1, 0.15) is 33.3 Å². The zero-order chi connectivity index (χ0) is 13.5. The number of hydrogen-bond acceptors (Lipinski definition) is 3. The predicted octanol–water partition coefficient (Wildman–Crippen LogP) is 3.49. The molecule has 2 rings (SSSR count). The highest BCUT2D eigenvalue weighted by molar-refractivity contribution is 9.10. The Hall–Kier alpha value is -1.03. The van der Waals surface area contributed by atoms with E-state index in [1.807, 2.05) is 12.1 Å². The van der Waals surface area contributed by atoms with Gasteiger partial charge < -0.3 is 9.64 Å². The van der Waals surface area contributed by atoms with Crippen molar-refractivity contribution in [3.63, 3.8) is 0 Å². The van der Waals surface area contributed by atoms with E-state index in [4.69, 9.17) is 4.74 Å². The molecule has 0 unspecified atom stereocenters. The molecule has 1 heterocycles. The SMILES string of the molecule is CC(C)N1CC(C)(C)c2cc(OC=O)cc(Br)c21. The van der Waals surface area contributed by atoms with Crippen LogP contribution in [0.25, 0.3) is 0 Å². The summed E-state index contributed by atoms with van der Waals surface area (Å²) in [5.41, 5.74) is 2.50. The van der Waals surface area contributed by atoms with E-state index in [9.17, 15) is 4.79 Å². The van der Waals surface area contributed by atoms with Gasteiger partial charge in [-0.15, -0.1) is 0 Å². The summed E-state index contributed by atoms with van der Waals surface area (Å²) in [5.74, 6) is 0.592. The molecule has 1 aromatic rings. The zero-order valence-corrected chi connectivity index (χ0v) is 12.7. The zero-order valence-electron chi connectivity index (χ0n) is 11.2. The molecule has 0 aromatic heterocycles. The number of nitrogens with zero attached hydrogens (tertiary/aromatic N) is 1. The van der Waals surface area contributed by atoms with Crippen molar-refractivity contribution in [3.8, 4) is 5.75 Å². The fourth-order valence-electron chi connectivity index (χ4n) is 2.54. The summed E-state index contributed by atoms with van der Waals surface area (Å²) in [6, 6.07) is 4.26. The third kappa shape index (κ3) is 2.14. The van der Waals surface area contributed by atoms with Gasteiger partial charge in [0.05, 0.1) is 5.69 Å². The first-order chi connectivity index (χ1) is 8.36. The Balaban J connectivity index is 2.57. The molecule has 0 atom stereocenters. The fraction of sp³-hybridized carbons (Fsp3) is 0.500. The van der Waals surface area contributed by atoms with Crippen molar-refractivity contribution in [2.75, 3.05) is 11.4 Å². The van der Waals surface area contributed by atoms with Crippen LogP contribution >= 0.6 is 15.9 Å². The highest BCUT2D eigenvalue weighted by Crippen LogP contribution is 2.47. The first-order valence-electron chi connectivity index (χ1n) is 6.08. The molecule has 0 radical (unpaired) electrons. The van der Waals surface area contributed by atoms with Gasteiger partial charge in [0.15, 0.2) is 0 Å². The Morgan fingerprint density at radius 3 is 2.67 bits per heavy atom. The van der Waals surface area contributed by atoms with E-state index >= 15 is 0 Å². The van der Waals surface area contributed by atoms with Gasteiger partial charge in [0.2, 0.25) is 0 Å². The molecule has 1 aliphatic heterocycles. The van der Waals surface area contributed by atoms with Gasteiger partial charge in [0.1, 0.15) is 5.75 Å². The number of carbonyl (C=O) groups is 1. The average Bonchev–Trinajstić information content (AvgIpc) is 2.52. The topological polar surface area (TPSA) is 29.5 Å². The number of halogens is 1. The summed E-state index contributed by atoms with van der Waals surface area (Å²) >= 11 is 3.59. The number of hydrogen-bond donors (Lipinski definition) is 0. The van der Waals surface area contributed by atoms with Crippen molar-refractivity contribution in [1.82, 2.24) is 0 Å². The lowest BCUT2D eigenvalue weighted by atomic mass is 9.87. The Bertz CT molecular complexity index is 483. The van der Waals surface area contributed by atoms with Gasteiger partial charge in [-0.3, -0.25) is 4.79 Å². The van der Waals surface area contributed by atoms with Crippen molar-refractivity contribution in [2.24, 2.45) is 0 Å². The first-order valence-corrected chi connectivity index (χ1v) is 6.87. The van der Waals surface area contributed by atoms with Crippen LogP contribution in [-0.4, -0.2) is 19.1 Å². The number of ether oxygens (including phenoxy) is 1. The molecule has 0 N–H and O–H groups in total. The van der Waals surface area contributed by atoms with Crippen molar-refractivity contribution < 1.29 is 9.53 Å². The molecule has 0 saturated heterocycles. The van der Waals surface area contributed by atoms with Crippen molar-refractivity contribution >= 4 is 28.1 Å². The van der Waals surface area contributed by atoms with Gasteiger partial charge in [-0.05, 0) is 47.5 Å². The van der Waals surface area contributed by atoms with Gasteiger partial charge >= 0.3 is 0 Å². The van der Waals surface area contributed by atoms with Gasteiger partial charge in [-0.2, -0.15) is 0 Å². The molecule has 98 valence electrons. The summed E-state index contributed by atoms with van der Waals surface area (Å²) in [6.07, 6.45) is 0. The number of benzene rings is 1. The van der Waals surface area contributed by atoms with E-state index < -0.39 is 0 Å². The summed E-state index contributed by atoms with van der Waals surface area (Å²) in [6.45, 7) is 10.2. The maximum Gasteiger partial charge on any atom is 0.298 e. The Kier molecular flexibility index (Phi) is 3.41. The van der Waals surface area contributed by atoms with Gasteiger partial charge in [0.25, 0.3) is 6.47 Å². The first kappa shape index (κ1) is 13.4. The summed E-state index contributed by atoms with van der Waals surface area (Å²) in [7, 11) is 0. The third-order valence-corrected chi connectivity index (χ3v) is 4.03. The van der Waals surface area contributed by atoms with Gasteiger partial charge in [-0.1, -0.05) is 13.8 Å². The van der Waals surface area contributed by atoms with Crippen LogP contribution in [0.3, 0.4) is 0 Å². The molecule has 3 nitrogen and oxygen atoms in total. The van der Waals surface area contributed by atoms with E-state index in [1.165, 1.54) is 11.3 Å². The van der Waals surface area contributed by atoms with Gasteiger partial charge in [-0.25, -0.2) is 0 Å². The third-order valence-electron chi connectivity index (χ3n) is 3.43. The van der Waals surface area contributed by atoms with Crippen molar-refractivity contribution in [1.29, 1.82) is 0 Å². The van der Waals surface area contributed by atoms with Crippen LogP contribution in [-0.2, 0) is 10.2 Å². The van der Waals surface area contributed by atoms with Gasteiger partial charge in [0, 0.05) is 22.5 Å². The highest BCUT2D eigenvalue weighted by Gasteiger charge is 2.38. The minimum Gasteiger partial charge on any atom is -0.429 e. The molecular weight excluding hydrogens is 294 g/mol. The van der Waals surface area contributed by atoms with Crippen LogP contribution in [0.4, 0.5) is 5.69 Å². The van der Waals surface area contributed by atoms with Crippen molar-refractivity contribution in [3.05, 3.63) is 22.2 Å². The molecule has 0 aliphatic carbocycles. The van der Waals surface area contributed by atoms with E-state index in [-0.39, 0.29) is 5.41 Å². The van der Waals surface area contributed by atoms with Crippen LogP contribution in [0.2, 0.25) is 0 Å². The van der Waals surface area contributed by atoms with Crippen LogP contribution in [0.5, 0.6) is 5.75 Å². The fourth-order valence-corrected chi connectivity index (χ4v) is 3.20. The quantitative estimate of drug-likeness (QED) is 0.800. The normalized spacial score (nSPS) is 16.9. The lowest BCUT2D eigenvalue weighted by molar-refractivity contribution is -0.120. The predicted molar refractivity (Wildman–Crippen MR) is 76.3 cm³/mol. The lowest BCUT2D eigenvalue weighted by Gasteiger charge is -2.26. The Morgan fingerprint density at radius 1 is 1.44 bits per heavy atom. The van der Waals surface area contributed by atoms with Crippen LogP contribution < -0.4 is 9.64 Å². The maximum atomic E-state index is 10.5. The molecule has 0 amide bonds. The number of fused-ring (bicyclic) bond motifs is 1. The monoisotopic (exact) mass is 311 g/mol. The van der Waals surface area contributed by atoms with E-state index in [0.717, 1.165) is 11.0 Å². The average molecular weight is 312 g/mol. The number of rotatable bonds is 3. The smallest absolute Gasteiger partial charge is 0.298 e. The van der Waals surface area contributed by atoms with Crippen LogP contribution in [0, 0.1) is 0 Å². The summed E-state index contributed by atoms with van der Waals surface area (Å²) in [5, 5.41) is 0. The molecule has 1 aliphatic rings. The Morgan fingerprint density at radius 2 is 2.11 bits per heavy atom. The molecule has 18 heavy (non-hydrogen) atoms. The molecule has 0 fully saturated rings. The summed E-state index contributed by atoms with van der Waals surface area (Å²) in [4.78, 5) is 12.9. The minimum atomic E-state index is 0.0599. The largest absolute Gasteiger partial charge is 0.429 e. The molecule has 0 spiro atoms. The molecular formula is C14H18BrNO2. The molecule has 0 bridgehead atoms. The highest BCUT2D eigenvalue weighted by atomic mass is 79.9. The Labute approximate surface area is 116 Å². The van der Waals surface area contributed by atoms with Crippen molar-refractivity contribution in [2.45, 2.75) is 39.2 Å².